The average Bonchev–Trinajstić information content (AvgIpc) is 2.33. The second-order valence-corrected chi connectivity index (χ2v) is 4.86. The number of hydrogen-bond acceptors (Lipinski definition) is 4. The summed E-state index contributed by atoms with van der Waals surface area (Å²) < 4.78 is 65.6. The molecular formula is C10H5F5O4S. The van der Waals surface area contributed by atoms with E-state index in [-0.39, 0.29) is 0 Å². The van der Waals surface area contributed by atoms with E-state index in [1.807, 2.05) is 0 Å². The van der Waals surface area contributed by atoms with E-state index in [0.29, 0.717) is 0 Å². The van der Waals surface area contributed by atoms with Crippen LogP contribution in [0.2, 0.25) is 0 Å². The van der Waals surface area contributed by atoms with Crippen molar-refractivity contribution in [3.8, 4) is 0 Å². The summed E-state index contributed by atoms with van der Waals surface area (Å²) >= 11 is -0.504. The molecule has 0 fully saturated rings. The van der Waals surface area contributed by atoms with Crippen molar-refractivity contribution in [1.29, 1.82) is 0 Å². The number of benzene rings is 1. The minimum absolute atomic E-state index is 0.504. The largest absolute Gasteiger partial charge is 0.478 e. The number of carboxylic acids is 1. The predicted octanol–water partition coefficient (Wildman–Crippen LogP) is 1.89. The summed E-state index contributed by atoms with van der Waals surface area (Å²) in [5.74, 6) is -14.8. The minimum atomic E-state index is -3.64. The van der Waals surface area contributed by atoms with Crippen molar-refractivity contribution in [3.63, 3.8) is 0 Å². The Hall–Kier alpha value is -1.68. The van der Waals surface area contributed by atoms with Gasteiger partial charge in [0.1, 0.15) is 0 Å². The summed E-state index contributed by atoms with van der Waals surface area (Å²) in [5.41, 5.74) is -2.01. The van der Waals surface area contributed by atoms with Gasteiger partial charge in [-0.2, -0.15) is 0 Å². The first-order chi connectivity index (χ1) is 9.04. The fourth-order valence-electron chi connectivity index (χ4n) is 1.31. The monoisotopic (exact) mass is 316 g/mol. The topological polar surface area (TPSA) is 74.6 Å². The highest BCUT2D eigenvalue weighted by molar-refractivity contribution is 8.14. The number of thioether (sulfide) groups is 1. The van der Waals surface area contributed by atoms with E-state index in [1.54, 1.807) is 0 Å². The molecule has 0 amide bonds. The Balaban J connectivity index is 3.74. The standard InChI is InChI=1S/C10H5F5O4S/c1-2(16)20-10(19,9(17)18)3-4(11)6(13)8(15)7(14)5(3)12/h19H,1H3,(H,17,18). The lowest BCUT2D eigenvalue weighted by molar-refractivity contribution is -0.150. The Kier molecular flexibility index (Phi) is 4.39. The molecule has 0 spiro atoms. The van der Waals surface area contributed by atoms with E-state index in [2.05, 4.69) is 0 Å². The molecule has 1 aromatic rings. The summed E-state index contributed by atoms with van der Waals surface area (Å²) in [5, 5.41) is 17.3. The first-order valence-electron chi connectivity index (χ1n) is 4.71. The van der Waals surface area contributed by atoms with Gasteiger partial charge in [-0.25, -0.2) is 26.7 Å². The number of rotatable bonds is 3. The Bertz CT molecular complexity index is 577. The number of hydrogen-bond donors (Lipinski definition) is 2. The van der Waals surface area contributed by atoms with Crippen LogP contribution in [0.1, 0.15) is 12.5 Å². The van der Waals surface area contributed by atoms with Crippen molar-refractivity contribution in [2.75, 3.05) is 0 Å². The highest BCUT2D eigenvalue weighted by Gasteiger charge is 2.48. The maximum Gasteiger partial charge on any atom is 0.352 e. The zero-order valence-corrected chi connectivity index (χ0v) is 10.3. The summed E-state index contributed by atoms with van der Waals surface area (Å²) in [7, 11) is 0. The van der Waals surface area contributed by atoms with Gasteiger partial charge in [0, 0.05) is 6.92 Å². The molecule has 0 aromatic heterocycles. The quantitative estimate of drug-likeness (QED) is 0.385. The maximum absolute atomic E-state index is 13.4. The van der Waals surface area contributed by atoms with Crippen molar-refractivity contribution in [2.45, 2.75) is 11.9 Å². The maximum atomic E-state index is 13.4. The smallest absolute Gasteiger partial charge is 0.352 e. The highest BCUT2D eigenvalue weighted by Crippen LogP contribution is 2.39. The number of halogens is 5. The second-order valence-electron chi connectivity index (χ2n) is 3.49. The molecule has 0 radical (unpaired) electrons. The molecule has 0 saturated heterocycles. The Morgan fingerprint density at radius 3 is 1.60 bits per heavy atom. The van der Waals surface area contributed by atoms with Gasteiger partial charge in [-0.05, 0) is 11.8 Å². The second kappa shape index (κ2) is 5.37. The van der Waals surface area contributed by atoms with Crippen molar-refractivity contribution < 1.29 is 41.8 Å². The highest BCUT2D eigenvalue weighted by atomic mass is 32.2. The van der Waals surface area contributed by atoms with E-state index >= 15 is 0 Å². The minimum Gasteiger partial charge on any atom is -0.478 e. The normalized spacial score (nSPS) is 13.9. The van der Waals surface area contributed by atoms with Crippen LogP contribution < -0.4 is 0 Å². The molecule has 1 atom stereocenters. The molecule has 0 aliphatic rings. The lowest BCUT2D eigenvalue weighted by Crippen LogP contribution is -2.36. The van der Waals surface area contributed by atoms with Crippen LogP contribution in [-0.2, 0) is 14.5 Å². The van der Waals surface area contributed by atoms with Crippen molar-refractivity contribution in [3.05, 3.63) is 34.6 Å². The summed E-state index contributed by atoms with van der Waals surface area (Å²) in [6.07, 6.45) is 0. The first kappa shape index (κ1) is 16.4. The van der Waals surface area contributed by atoms with Crippen LogP contribution in [0.4, 0.5) is 22.0 Å². The van der Waals surface area contributed by atoms with Crippen molar-refractivity contribution in [2.24, 2.45) is 0 Å². The third-order valence-electron chi connectivity index (χ3n) is 2.13. The number of carboxylic acid groups (broad SMARTS) is 1. The van der Waals surface area contributed by atoms with Crippen LogP contribution >= 0.6 is 11.8 Å². The van der Waals surface area contributed by atoms with Gasteiger partial charge in [0.25, 0.3) is 0 Å². The van der Waals surface area contributed by atoms with Crippen LogP contribution in [0.5, 0.6) is 0 Å². The lowest BCUT2D eigenvalue weighted by Gasteiger charge is -2.23. The molecule has 10 heteroatoms. The van der Waals surface area contributed by atoms with Gasteiger partial charge in [-0.3, -0.25) is 4.79 Å². The zero-order valence-electron chi connectivity index (χ0n) is 9.51. The summed E-state index contributed by atoms with van der Waals surface area (Å²) in [6.45, 7) is 0.741. The molecule has 1 unspecified atom stereocenters. The van der Waals surface area contributed by atoms with Gasteiger partial charge in [-0.1, -0.05) is 0 Å². The fourth-order valence-corrected chi connectivity index (χ4v) is 2.10. The molecule has 0 aliphatic heterocycles. The average molecular weight is 316 g/mol. The van der Waals surface area contributed by atoms with Gasteiger partial charge in [0.05, 0.1) is 5.56 Å². The molecule has 110 valence electrons. The number of aliphatic hydroxyl groups is 1. The Morgan fingerprint density at radius 1 is 0.950 bits per heavy atom. The molecule has 2 N–H and O–H groups in total. The van der Waals surface area contributed by atoms with Crippen LogP contribution in [0, 0.1) is 29.1 Å². The van der Waals surface area contributed by atoms with Crippen LogP contribution in [0.3, 0.4) is 0 Å². The van der Waals surface area contributed by atoms with E-state index < -0.39 is 62.4 Å². The fraction of sp³-hybridized carbons (Fsp3) is 0.200. The van der Waals surface area contributed by atoms with Gasteiger partial charge in [-0.15, -0.1) is 0 Å². The predicted molar refractivity (Wildman–Crippen MR) is 56.0 cm³/mol. The van der Waals surface area contributed by atoms with E-state index in [1.165, 1.54) is 0 Å². The molecule has 0 bridgehead atoms. The van der Waals surface area contributed by atoms with Crippen LogP contribution in [0.15, 0.2) is 0 Å². The molecule has 0 saturated carbocycles. The summed E-state index contributed by atoms with van der Waals surface area (Å²) in [4.78, 5) is 18.1. The van der Waals surface area contributed by atoms with Crippen molar-refractivity contribution >= 4 is 22.8 Å². The molecule has 1 rings (SSSR count). The molecule has 0 aliphatic carbocycles. The first-order valence-corrected chi connectivity index (χ1v) is 5.53. The summed E-state index contributed by atoms with van der Waals surface area (Å²) in [6, 6.07) is 0. The van der Waals surface area contributed by atoms with Gasteiger partial charge in [0.15, 0.2) is 28.4 Å². The van der Waals surface area contributed by atoms with Gasteiger partial charge >= 0.3 is 5.97 Å². The molecule has 0 heterocycles. The third-order valence-corrected chi connectivity index (χ3v) is 3.09. The van der Waals surface area contributed by atoms with E-state index in [9.17, 15) is 36.6 Å². The number of carbonyl (C=O) groups excluding carboxylic acids is 1. The molecule has 20 heavy (non-hydrogen) atoms. The number of carbonyl (C=O) groups is 2. The van der Waals surface area contributed by atoms with E-state index in [4.69, 9.17) is 5.11 Å². The third kappa shape index (κ3) is 2.48. The van der Waals surface area contributed by atoms with Crippen LogP contribution in [-0.4, -0.2) is 21.3 Å². The van der Waals surface area contributed by atoms with E-state index in [0.717, 1.165) is 6.92 Å². The van der Waals surface area contributed by atoms with Gasteiger partial charge in [0.2, 0.25) is 10.8 Å². The lowest BCUT2D eigenvalue weighted by atomic mass is 10.1. The molecule has 1 aromatic carbocycles. The van der Waals surface area contributed by atoms with Gasteiger partial charge < -0.3 is 10.2 Å². The SMILES string of the molecule is CC(=O)SC(O)(C(=O)O)c1c(F)c(F)c(F)c(F)c1F. The Labute approximate surface area is 112 Å². The molecular weight excluding hydrogens is 311 g/mol. The van der Waals surface area contributed by atoms with Crippen LogP contribution in [0.25, 0.3) is 0 Å². The number of aliphatic carboxylic acids is 1. The Morgan fingerprint density at radius 2 is 1.30 bits per heavy atom. The zero-order chi connectivity index (χ0) is 15.8. The molecule has 4 nitrogen and oxygen atoms in total. The van der Waals surface area contributed by atoms with Crippen molar-refractivity contribution in [1.82, 2.24) is 0 Å².